The van der Waals surface area contributed by atoms with Gasteiger partial charge in [0.15, 0.2) is 0 Å². The standard InChI is InChI=1S/C12H8BrN3OS/c13-9-6-14-16(7-9)15-12(17)11-5-8-3-1-2-4-10(8)18-11/h1-7H,(H,15,17). The zero-order valence-electron chi connectivity index (χ0n) is 9.13. The molecule has 0 fully saturated rings. The number of aromatic nitrogens is 2. The average molecular weight is 322 g/mol. The number of benzene rings is 1. The summed E-state index contributed by atoms with van der Waals surface area (Å²) < 4.78 is 1.92. The fourth-order valence-corrected chi connectivity index (χ4v) is 2.85. The first-order valence-corrected chi connectivity index (χ1v) is 6.83. The Balaban J connectivity index is 1.87. The van der Waals surface area contributed by atoms with E-state index >= 15 is 0 Å². The third-order valence-electron chi connectivity index (χ3n) is 2.42. The van der Waals surface area contributed by atoms with Crippen molar-refractivity contribution < 1.29 is 4.79 Å². The fraction of sp³-hybridized carbons (Fsp3) is 0. The van der Waals surface area contributed by atoms with E-state index in [1.807, 2.05) is 30.3 Å². The highest BCUT2D eigenvalue weighted by Gasteiger charge is 2.10. The molecule has 90 valence electrons. The second kappa shape index (κ2) is 4.55. The van der Waals surface area contributed by atoms with Crippen LogP contribution in [-0.4, -0.2) is 15.8 Å². The predicted octanol–water partition coefficient (Wildman–Crippen LogP) is 3.24. The second-order valence-corrected chi connectivity index (χ2v) is 5.69. The summed E-state index contributed by atoms with van der Waals surface area (Å²) in [4.78, 5) is 14.1. The summed E-state index contributed by atoms with van der Waals surface area (Å²) in [6.45, 7) is 0. The van der Waals surface area contributed by atoms with Crippen LogP contribution in [0.2, 0.25) is 0 Å². The van der Waals surface area contributed by atoms with Crippen molar-refractivity contribution in [3.63, 3.8) is 0 Å². The molecule has 0 aliphatic heterocycles. The van der Waals surface area contributed by atoms with Crippen LogP contribution in [0.1, 0.15) is 9.67 Å². The Hall–Kier alpha value is -1.66. The first-order chi connectivity index (χ1) is 8.72. The topological polar surface area (TPSA) is 46.9 Å². The summed E-state index contributed by atoms with van der Waals surface area (Å²) in [6, 6.07) is 9.80. The highest BCUT2D eigenvalue weighted by atomic mass is 79.9. The van der Waals surface area contributed by atoms with Gasteiger partial charge in [-0.25, -0.2) is 5.43 Å². The number of fused-ring (bicyclic) bond motifs is 1. The maximum absolute atomic E-state index is 12.0. The van der Waals surface area contributed by atoms with Crippen LogP contribution in [-0.2, 0) is 0 Å². The van der Waals surface area contributed by atoms with Gasteiger partial charge in [-0.1, -0.05) is 18.2 Å². The Kier molecular flexibility index (Phi) is 2.89. The number of hydrogen-bond acceptors (Lipinski definition) is 3. The molecule has 18 heavy (non-hydrogen) atoms. The van der Waals surface area contributed by atoms with E-state index in [-0.39, 0.29) is 5.91 Å². The van der Waals surface area contributed by atoms with E-state index in [4.69, 9.17) is 0 Å². The molecule has 0 aliphatic rings. The lowest BCUT2D eigenvalue weighted by Gasteiger charge is -2.01. The molecule has 0 unspecified atom stereocenters. The fourth-order valence-electron chi connectivity index (χ4n) is 1.61. The minimum Gasteiger partial charge on any atom is -0.266 e. The first kappa shape index (κ1) is 11.4. The van der Waals surface area contributed by atoms with Gasteiger partial charge in [-0.3, -0.25) is 4.79 Å². The van der Waals surface area contributed by atoms with E-state index < -0.39 is 0 Å². The van der Waals surface area contributed by atoms with Crippen LogP contribution >= 0.6 is 27.3 Å². The molecule has 3 rings (SSSR count). The third-order valence-corrected chi connectivity index (χ3v) is 3.94. The Morgan fingerprint density at radius 3 is 2.94 bits per heavy atom. The molecule has 0 atom stereocenters. The Morgan fingerprint density at radius 1 is 1.39 bits per heavy atom. The van der Waals surface area contributed by atoms with E-state index in [0.717, 1.165) is 14.6 Å². The highest BCUT2D eigenvalue weighted by molar-refractivity contribution is 9.10. The number of rotatable bonds is 2. The van der Waals surface area contributed by atoms with Gasteiger partial charge in [0.2, 0.25) is 0 Å². The molecule has 4 nitrogen and oxygen atoms in total. The van der Waals surface area contributed by atoms with Crippen molar-refractivity contribution in [3.8, 4) is 0 Å². The maximum Gasteiger partial charge on any atom is 0.281 e. The van der Waals surface area contributed by atoms with Gasteiger partial charge in [0.1, 0.15) is 0 Å². The number of carbonyl (C=O) groups is 1. The quantitative estimate of drug-likeness (QED) is 0.787. The van der Waals surface area contributed by atoms with Crippen LogP contribution in [0.3, 0.4) is 0 Å². The SMILES string of the molecule is O=C(Nn1cc(Br)cn1)c1cc2ccccc2s1. The van der Waals surface area contributed by atoms with Crippen molar-refractivity contribution in [1.29, 1.82) is 0 Å². The third kappa shape index (κ3) is 2.16. The summed E-state index contributed by atoms with van der Waals surface area (Å²) >= 11 is 4.74. The van der Waals surface area contributed by atoms with Crippen LogP contribution in [0.25, 0.3) is 10.1 Å². The lowest BCUT2D eigenvalue weighted by atomic mass is 10.2. The molecule has 0 radical (unpaired) electrons. The molecular weight excluding hydrogens is 314 g/mol. The lowest BCUT2D eigenvalue weighted by Crippen LogP contribution is -2.22. The molecule has 1 amide bonds. The number of hydrogen-bond donors (Lipinski definition) is 1. The molecule has 3 aromatic rings. The molecule has 0 saturated heterocycles. The van der Waals surface area contributed by atoms with Gasteiger partial charge in [-0.05, 0) is 33.4 Å². The van der Waals surface area contributed by atoms with Crippen LogP contribution in [0, 0.1) is 0 Å². The van der Waals surface area contributed by atoms with Gasteiger partial charge >= 0.3 is 0 Å². The van der Waals surface area contributed by atoms with E-state index in [0.29, 0.717) is 4.88 Å². The molecule has 0 spiro atoms. The minimum atomic E-state index is -0.160. The molecule has 1 aromatic carbocycles. The number of nitrogens with one attached hydrogen (secondary N) is 1. The number of nitrogens with zero attached hydrogens (tertiary/aromatic N) is 2. The summed E-state index contributed by atoms with van der Waals surface area (Å²) in [7, 11) is 0. The van der Waals surface area contributed by atoms with Gasteiger partial charge < -0.3 is 0 Å². The predicted molar refractivity (Wildman–Crippen MR) is 75.4 cm³/mol. The zero-order chi connectivity index (χ0) is 12.5. The van der Waals surface area contributed by atoms with Gasteiger partial charge in [-0.15, -0.1) is 11.3 Å². The molecular formula is C12H8BrN3OS. The van der Waals surface area contributed by atoms with Gasteiger partial charge in [0.05, 0.1) is 21.7 Å². The Morgan fingerprint density at radius 2 is 2.22 bits per heavy atom. The lowest BCUT2D eigenvalue weighted by molar-refractivity contribution is 0.101. The van der Waals surface area contributed by atoms with Gasteiger partial charge in [-0.2, -0.15) is 9.89 Å². The number of carbonyl (C=O) groups excluding carboxylic acids is 1. The summed E-state index contributed by atoms with van der Waals surface area (Å²) in [5.74, 6) is -0.160. The van der Waals surface area contributed by atoms with Crippen LogP contribution in [0.15, 0.2) is 47.2 Å². The van der Waals surface area contributed by atoms with E-state index in [1.54, 1.807) is 12.4 Å². The van der Waals surface area contributed by atoms with Crippen molar-refractivity contribution in [3.05, 3.63) is 52.1 Å². The maximum atomic E-state index is 12.0. The van der Waals surface area contributed by atoms with E-state index in [9.17, 15) is 4.79 Å². The zero-order valence-corrected chi connectivity index (χ0v) is 11.5. The van der Waals surface area contributed by atoms with Crippen LogP contribution < -0.4 is 5.43 Å². The summed E-state index contributed by atoms with van der Waals surface area (Å²) in [6.07, 6.45) is 3.30. The first-order valence-electron chi connectivity index (χ1n) is 5.22. The van der Waals surface area contributed by atoms with Crippen molar-refractivity contribution >= 4 is 43.3 Å². The number of amides is 1. The molecule has 1 N–H and O–H groups in total. The summed E-state index contributed by atoms with van der Waals surface area (Å²) in [5.41, 5.74) is 2.69. The van der Waals surface area contributed by atoms with Gasteiger partial charge in [0, 0.05) is 4.70 Å². The van der Waals surface area contributed by atoms with E-state index in [2.05, 4.69) is 26.5 Å². The highest BCUT2D eigenvalue weighted by Crippen LogP contribution is 2.25. The van der Waals surface area contributed by atoms with Crippen molar-refractivity contribution in [2.45, 2.75) is 0 Å². The van der Waals surface area contributed by atoms with Crippen molar-refractivity contribution in [1.82, 2.24) is 9.89 Å². The van der Waals surface area contributed by atoms with Crippen LogP contribution in [0.5, 0.6) is 0 Å². The normalized spacial score (nSPS) is 10.7. The molecule has 2 aromatic heterocycles. The largest absolute Gasteiger partial charge is 0.281 e. The second-order valence-electron chi connectivity index (χ2n) is 3.69. The van der Waals surface area contributed by atoms with Gasteiger partial charge in [0.25, 0.3) is 5.91 Å². The molecule has 0 aliphatic carbocycles. The van der Waals surface area contributed by atoms with E-state index in [1.165, 1.54) is 16.1 Å². The van der Waals surface area contributed by atoms with Crippen molar-refractivity contribution in [2.75, 3.05) is 5.43 Å². The van der Waals surface area contributed by atoms with Crippen LogP contribution in [0.4, 0.5) is 0 Å². The van der Waals surface area contributed by atoms with Crippen molar-refractivity contribution in [2.24, 2.45) is 0 Å². The minimum absolute atomic E-state index is 0.160. The molecule has 0 bridgehead atoms. The average Bonchev–Trinajstić information content (AvgIpc) is 2.95. The molecule has 2 heterocycles. The molecule has 0 saturated carbocycles. The summed E-state index contributed by atoms with van der Waals surface area (Å²) in [5, 5.41) is 5.06. The Bertz CT molecular complexity index is 686. The Labute approximate surface area is 115 Å². The smallest absolute Gasteiger partial charge is 0.266 e. The molecule has 6 heteroatoms. The number of thiophene rings is 1. The number of halogens is 1. The monoisotopic (exact) mass is 321 g/mol.